The number of hydrogen-bond donors (Lipinski definition) is 7. The molecule has 0 fully saturated rings. The van der Waals surface area contributed by atoms with E-state index in [1.807, 2.05) is 39.8 Å². The largest absolute Gasteiger partial charge is 0.507 e. The van der Waals surface area contributed by atoms with E-state index in [1.165, 1.54) is 0 Å². The molecule has 0 unspecified atom stereocenters. The molecule has 10 heteroatoms. The van der Waals surface area contributed by atoms with Crippen molar-refractivity contribution >= 4 is 35.5 Å². The summed E-state index contributed by atoms with van der Waals surface area (Å²) in [6.07, 6.45) is 0.650. The van der Waals surface area contributed by atoms with Gasteiger partial charge in [0.15, 0.2) is 0 Å². The molecule has 0 bridgehead atoms. The van der Waals surface area contributed by atoms with E-state index in [0.717, 1.165) is 94.6 Å². The second-order valence-corrected chi connectivity index (χ2v) is 34.5. The summed E-state index contributed by atoms with van der Waals surface area (Å²) < 4.78 is 0. The van der Waals surface area contributed by atoms with Crippen LogP contribution in [0.25, 0.3) is 0 Å². The molecule has 89 heavy (non-hydrogen) atoms. The number of carbonyl (C=O) groups excluding carboxylic acids is 2. The van der Waals surface area contributed by atoms with E-state index in [4.69, 9.17) is 0 Å². The van der Waals surface area contributed by atoms with Gasteiger partial charge in [0.05, 0.1) is 0 Å². The van der Waals surface area contributed by atoms with Crippen LogP contribution in [0.1, 0.15) is 293 Å². The van der Waals surface area contributed by atoms with Crippen molar-refractivity contribution in [2.75, 3.05) is 0 Å². The van der Waals surface area contributed by atoms with Crippen LogP contribution in [0.5, 0.6) is 28.7 Å². The lowest BCUT2D eigenvalue weighted by molar-refractivity contribution is 0.107. The second-order valence-electron chi connectivity index (χ2n) is 33.7. The molecular weight excluding hydrogens is 1140 g/mol. The third kappa shape index (κ3) is 17.3. The van der Waals surface area contributed by atoms with E-state index in [1.54, 1.807) is 12.1 Å². The molecule has 6 aromatic carbocycles. The maximum Gasteiger partial charge on any atom is 0.216 e. The average molecular weight is 1250 g/mol. The molecule has 0 aromatic heterocycles. The first-order chi connectivity index (χ1) is 40.1. The summed E-state index contributed by atoms with van der Waals surface area (Å²) in [7, 11) is 0. The van der Waals surface area contributed by atoms with Gasteiger partial charge in [-0.2, -0.15) is 0 Å². The summed E-state index contributed by atoms with van der Waals surface area (Å²) >= 11 is 8.36. The van der Waals surface area contributed by atoms with Gasteiger partial charge in [-0.25, -0.2) is 0 Å². The molecule has 0 radical (unpaired) electrons. The highest BCUT2D eigenvalue weighted by molar-refractivity contribution is 7.97. The van der Waals surface area contributed by atoms with Gasteiger partial charge in [-0.3, -0.25) is 14.5 Å². The Morgan fingerprint density at radius 2 is 0.517 bits per heavy atom. The number of phenolic OH excluding ortho intramolecular Hbond substituents is 5. The third-order valence-corrected chi connectivity index (χ3v) is 18.1. The van der Waals surface area contributed by atoms with Gasteiger partial charge >= 0.3 is 0 Å². The van der Waals surface area contributed by atoms with E-state index in [-0.39, 0.29) is 54.8 Å². The molecule has 0 saturated heterocycles. The Labute approximate surface area is 548 Å². The standard InChI is InChI=1S/C45H69NO3.C34H42O4S2/c1-40(2,3)31-19-28(20-32(37(31)47)41(4,5)6)25-46(26-29-21-33(42(7,8)9)38(48)34(22-29)43(10,11)12)27-30-23-35(44(13,14)15)39(49)36(24-30)45(16,17)18;1-17-13-27(33(5,6)7)29(35)19(3)23(17)15-25-21(31(37)39)11-12-22(32(38)40)26(25)16-24-18(2)14-28(34(8,9)10)30(36)20(24)4/h19-24,47-49H,25-27H2,1-18H3;11-14,35-36H,15-16H2,1-10H3,(H,37,39)(H,38,40). The van der Waals surface area contributed by atoms with Gasteiger partial charge in [0, 0.05) is 30.8 Å². The Balaban J connectivity index is 0.000000330. The van der Waals surface area contributed by atoms with Crippen molar-refractivity contribution in [3.8, 4) is 28.7 Å². The lowest BCUT2D eigenvalue weighted by Crippen LogP contribution is -2.26. The molecule has 0 aliphatic carbocycles. The van der Waals surface area contributed by atoms with Crippen molar-refractivity contribution in [2.45, 2.75) is 270 Å². The van der Waals surface area contributed by atoms with Crippen LogP contribution in [-0.2, 0) is 75.8 Å². The summed E-state index contributed by atoms with van der Waals surface area (Å²) in [6, 6.07) is 20.4. The molecular formula is C79H111NO7S2. The SMILES string of the molecule is CC(C)(C)c1cc(CN(Cc2cc(C(C)(C)C)c(O)c(C(C)(C)C)c2)Cc2cc(C(C)(C)C)c(O)c(C(C)(C)C)c2)cc(C(C)(C)C)c1O.Cc1cc(C(C)(C)C)c(O)c(C)c1Cc1c(C(=O)S)ccc(C(=O)S)c1Cc1c(C)cc(C(C)(C)C)c(O)c1C. The summed E-state index contributed by atoms with van der Waals surface area (Å²) in [5.41, 5.74) is 16.5. The molecule has 0 aliphatic rings. The van der Waals surface area contributed by atoms with E-state index < -0.39 is 10.2 Å². The van der Waals surface area contributed by atoms with Crippen LogP contribution in [0.2, 0.25) is 0 Å². The average Bonchev–Trinajstić information content (AvgIpc) is 0.825. The number of rotatable bonds is 12. The van der Waals surface area contributed by atoms with Gasteiger partial charge in [-0.05, 0) is 202 Å². The van der Waals surface area contributed by atoms with Crippen molar-refractivity contribution < 1.29 is 35.1 Å². The fourth-order valence-corrected chi connectivity index (χ4v) is 12.7. The fourth-order valence-electron chi connectivity index (χ4n) is 12.3. The van der Waals surface area contributed by atoms with Crippen LogP contribution in [-0.4, -0.2) is 40.7 Å². The number of benzene rings is 6. The number of nitrogens with zero attached hydrogens (tertiary/aromatic N) is 1. The Morgan fingerprint density at radius 3 is 0.697 bits per heavy atom. The summed E-state index contributed by atoms with van der Waals surface area (Å²) in [5.74, 6) is 1.65. The molecule has 0 amide bonds. The monoisotopic (exact) mass is 1250 g/mol. The Hall–Kier alpha value is -5.68. The minimum absolute atomic E-state index is 0.231. The van der Waals surface area contributed by atoms with Crippen molar-refractivity contribution in [1.29, 1.82) is 0 Å². The number of hydrogen-bond acceptors (Lipinski definition) is 8. The van der Waals surface area contributed by atoms with Crippen molar-refractivity contribution in [3.05, 3.63) is 177 Å². The first kappa shape index (κ1) is 74.1. The van der Waals surface area contributed by atoms with E-state index in [2.05, 4.69) is 233 Å². The maximum atomic E-state index is 12.8. The molecule has 6 aromatic rings. The number of thiol groups is 2. The molecule has 8 nitrogen and oxygen atoms in total. The van der Waals surface area contributed by atoms with Crippen LogP contribution in [0.4, 0.5) is 0 Å². The zero-order valence-corrected chi connectivity index (χ0v) is 61.5. The summed E-state index contributed by atoms with van der Waals surface area (Å²) in [6.45, 7) is 61.0. The number of phenols is 5. The maximum absolute atomic E-state index is 12.8. The molecule has 0 aliphatic heterocycles. The predicted octanol–water partition coefficient (Wildman–Crippen LogP) is 20.0. The topological polar surface area (TPSA) is 139 Å². The Kier molecular flexibility index (Phi) is 21.7. The van der Waals surface area contributed by atoms with Gasteiger partial charge < -0.3 is 25.5 Å². The van der Waals surface area contributed by atoms with Gasteiger partial charge in [0.25, 0.3) is 0 Å². The fraction of sp³-hybridized carbons (Fsp3) is 0.519. The third-order valence-electron chi connectivity index (χ3n) is 17.6. The van der Waals surface area contributed by atoms with E-state index >= 15 is 0 Å². The van der Waals surface area contributed by atoms with Crippen molar-refractivity contribution in [3.63, 3.8) is 0 Å². The lowest BCUT2D eigenvalue weighted by atomic mass is 9.78. The van der Waals surface area contributed by atoms with Crippen LogP contribution in [0.3, 0.4) is 0 Å². The zero-order valence-electron chi connectivity index (χ0n) is 59.7. The molecule has 0 atom stereocenters. The highest BCUT2D eigenvalue weighted by atomic mass is 32.1. The van der Waals surface area contributed by atoms with Crippen LogP contribution in [0.15, 0.2) is 60.7 Å². The minimum Gasteiger partial charge on any atom is -0.507 e. The number of aryl methyl sites for hydroxylation is 2. The normalized spacial score (nSPS) is 13.0. The van der Waals surface area contributed by atoms with Crippen molar-refractivity contribution in [1.82, 2.24) is 4.90 Å². The van der Waals surface area contributed by atoms with Gasteiger partial charge in [0.2, 0.25) is 10.2 Å². The van der Waals surface area contributed by atoms with Gasteiger partial charge in [-0.1, -0.05) is 215 Å². The molecule has 6 rings (SSSR count). The van der Waals surface area contributed by atoms with E-state index in [0.29, 0.717) is 72.0 Å². The first-order valence-electron chi connectivity index (χ1n) is 31.7. The smallest absolute Gasteiger partial charge is 0.216 e. The summed E-state index contributed by atoms with van der Waals surface area (Å²) in [4.78, 5) is 28.0. The quantitative estimate of drug-likeness (QED) is 0.0602. The first-order valence-corrected chi connectivity index (χ1v) is 32.6. The minimum atomic E-state index is -0.403. The second kappa shape index (κ2) is 26.1. The molecule has 0 spiro atoms. The van der Waals surface area contributed by atoms with Crippen molar-refractivity contribution in [2.24, 2.45) is 0 Å². The predicted molar refractivity (Wildman–Crippen MR) is 381 cm³/mol. The summed E-state index contributed by atoms with van der Waals surface area (Å²) in [5, 5.41) is 56.0. The van der Waals surface area contributed by atoms with E-state index in [9.17, 15) is 35.1 Å². The van der Waals surface area contributed by atoms with Gasteiger partial charge in [-0.15, -0.1) is 25.3 Å². The van der Waals surface area contributed by atoms with Gasteiger partial charge in [0.1, 0.15) is 28.7 Å². The zero-order chi connectivity index (χ0) is 68.3. The molecule has 486 valence electrons. The highest BCUT2D eigenvalue weighted by Crippen LogP contribution is 2.46. The van der Waals surface area contributed by atoms with Crippen LogP contribution in [0, 0.1) is 27.7 Å². The van der Waals surface area contributed by atoms with Crippen LogP contribution >= 0.6 is 25.3 Å². The highest BCUT2D eigenvalue weighted by Gasteiger charge is 2.33. The number of aromatic hydroxyl groups is 5. The molecule has 0 heterocycles. The van der Waals surface area contributed by atoms with Crippen LogP contribution < -0.4 is 0 Å². The Morgan fingerprint density at radius 1 is 0.326 bits per heavy atom. The Bertz CT molecular complexity index is 3240. The molecule has 0 saturated carbocycles. The lowest BCUT2D eigenvalue weighted by Gasteiger charge is -2.32. The number of carbonyl (C=O) groups is 2. The molecule has 5 N–H and O–H groups in total.